The van der Waals surface area contributed by atoms with Gasteiger partial charge in [0.1, 0.15) is 12.5 Å². The lowest BCUT2D eigenvalue weighted by Crippen LogP contribution is -2.31. The highest BCUT2D eigenvalue weighted by molar-refractivity contribution is 6.00. The van der Waals surface area contributed by atoms with Crippen LogP contribution < -0.4 is 15.0 Å². The minimum atomic E-state index is -0.562. The van der Waals surface area contributed by atoms with Gasteiger partial charge in [0.25, 0.3) is 5.91 Å². The first-order valence-electron chi connectivity index (χ1n) is 8.03. The van der Waals surface area contributed by atoms with Gasteiger partial charge in [-0.15, -0.1) is 0 Å². The Morgan fingerprint density at radius 1 is 1.28 bits per heavy atom. The van der Waals surface area contributed by atoms with Crippen LogP contribution in [0.2, 0.25) is 0 Å². The third kappa shape index (κ3) is 3.72. The summed E-state index contributed by atoms with van der Waals surface area (Å²) in [4.78, 5) is 25.4. The number of ether oxygens (including phenoxy) is 3. The standard InChI is InChI=1S/C18H20N2O5/c1-3-19-18(22)25-15-7-5-12-8-14(6-4-13(12)9-15)20-11-24-16(10-23-2)17(20)21/h4-9,16H,3,10-11H2,1-2H3,(H,19,22). The monoisotopic (exact) mass is 344 g/mol. The van der Waals surface area contributed by atoms with Gasteiger partial charge in [0, 0.05) is 19.3 Å². The highest BCUT2D eigenvalue weighted by atomic mass is 16.6. The Hall–Kier alpha value is -2.64. The second-order valence-corrected chi connectivity index (χ2v) is 5.62. The van der Waals surface area contributed by atoms with Gasteiger partial charge in [-0.05, 0) is 42.0 Å². The molecule has 1 N–H and O–H groups in total. The Bertz CT molecular complexity index is 792. The fourth-order valence-corrected chi connectivity index (χ4v) is 2.68. The lowest BCUT2D eigenvalue weighted by molar-refractivity contribution is -0.124. The van der Waals surface area contributed by atoms with E-state index >= 15 is 0 Å². The molecule has 1 fully saturated rings. The van der Waals surface area contributed by atoms with Crippen molar-refractivity contribution in [2.75, 3.05) is 31.9 Å². The Morgan fingerprint density at radius 3 is 2.80 bits per heavy atom. The number of carbonyl (C=O) groups is 2. The molecule has 0 aromatic heterocycles. The SMILES string of the molecule is CCNC(=O)Oc1ccc2cc(N3COC(COC)C3=O)ccc2c1. The van der Waals surface area contributed by atoms with Gasteiger partial charge in [-0.2, -0.15) is 0 Å². The van der Waals surface area contributed by atoms with Crippen LogP contribution >= 0.6 is 0 Å². The Balaban J connectivity index is 1.79. The van der Waals surface area contributed by atoms with Crippen molar-refractivity contribution >= 4 is 28.5 Å². The van der Waals surface area contributed by atoms with E-state index in [1.807, 2.05) is 31.2 Å². The minimum absolute atomic E-state index is 0.114. The maximum Gasteiger partial charge on any atom is 0.412 e. The number of nitrogens with one attached hydrogen (secondary N) is 1. The quantitative estimate of drug-likeness (QED) is 0.900. The number of nitrogens with zero attached hydrogens (tertiary/aromatic N) is 1. The zero-order chi connectivity index (χ0) is 17.8. The molecule has 0 radical (unpaired) electrons. The van der Waals surface area contributed by atoms with E-state index in [0.29, 0.717) is 12.3 Å². The fraction of sp³-hybridized carbons (Fsp3) is 0.333. The van der Waals surface area contributed by atoms with Crippen LogP contribution in [0.1, 0.15) is 6.92 Å². The summed E-state index contributed by atoms with van der Waals surface area (Å²) in [7, 11) is 1.54. The molecule has 1 saturated heterocycles. The van der Waals surface area contributed by atoms with Crippen LogP contribution in [0.25, 0.3) is 10.8 Å². The summed E-state index contributed by atoms with van der Waals surface area (Å²) in [6.07, 6.45) is -1.05. The van der Waals surface area contributed by atoms with E-state index in [-0.39, 0.29) is 19.2 Å². The van der Waals surface area contributed by atoms with Gasteiger partial charge in [0.15, 0.2) is 6.10 Å². The van der Waals surface area contributed by atoms with Crippen molar-refractivity contribution in [3.63, 3.8) is 0 Å². The van der Waals surface area contributed by atoms with E-state index in [0.717, 1.165) is 16.5 Å². The summed E-state index contributed by atoms with van der Waals surface area (Å²) in [5.74, 6) is 0.351. The summed E-state index contributed by atoms with van der Waals surface area (Å²) >= 11 is 0. The van der Waals surface area contributed by atoms with Gasteiger partial charge in [-0.1, -0.05) is 12.1 Å². The molecule has 0 bridgehead atoms. The van der Waals surface area contributed by atoms with Crippen molar-refractivity contribution in [1.82, 2.24) is 5.32 Å². The van der Waals surface area contributed by atoms with Crippen molar-refractivity contribution in [2.24, 2.45) is 0 Å². The molecule has 7 heteroatoms. The number of fused-ring (bicyclic) bond motifs is 1. The summed E-state index contributed by atoms with van der Waals surface area (Å²) in [5, 5.41) is 4.42. The lowest BCUT2D eigenvalue weighted by Gasteiger charge is -2.15. The lowest BCUT2D eigenvalue weighted by atomic mass is 10.1. The number of hydrogen-bond donors (Lipinski definition) is 1. The second kappa shape index (κ2) is 7.50. The van der Waals surface area contributed by atoms with E-state index in [2.05, 4.69) is 5.32 Å². The largest absolute Gasteiger partial charge is 0.412 e. The van der Waals surface area contributed by atoms with Crippen molar-refractivity contribution in [1.29, 1.82) is 0 Å². The summed E-state index contributed by atoms with van der Waals surface area (Å²) in [6, 6.07) is 11.0. The Kier molecular flexibility index (Phi) is 5.16. The first-order chi connectivity index (χ1) is 12.1. The first kappa shape index (κ1) is 17.2. The number of hydrogen-bond acceptors (Lipinski definition) is 5. The second-order valence-electron chi connectivity index (χ2n) is 5.62. The van der Waals surface area contributed by atoms with Gasteiger partial charge in [-0.3, -0.25) is 9.69 Å². The normalized spacial score (nSPS) is 17.1. The molecule has 2 amide bonds. The maximum atomic E-state index is 12.3. The van der Waals surface area contributed by atoms with Gasteiger partial charge in [-0.25, -0.2) is 4.79 Å². The number of amides is 2. The predicted molar refractivity (Wildman–Crippen MR) is 92.8 cm³/mol. The smallest absolute Gasteiger partial charge is 0.410 e. The van der Waals surface area contributed by atoms with Crippen molar-refractivity contribution < 1.29 is 23.8 Å². The van der Waals surface area contributed by atoms with Crippen molar-refractivity contribution in [3.05, 3.63) is 36.4 Å². The molecule has 0 aliphatic carbocycles. The molecule has 2 aromatic rings. The minimum Gasteiger partial charge on any atom is -0.410 e. The third-order valence-corrected chi connectivity index (χ3v) is 3.90. The van der Waals surface area contributed by atoms with Crippen LogP contribution in [0.3, 0.4) is 0 Å². The van der Waals surface area contributed by atoms with Gasteiger partial charge in [0.2, 0.25) is 0 Å². The van der Waals surface area contributed by atoms with Crippen LogP contribution in [0.4, 0.5) is 10.5 Å². The molecule has 7 nitrogen and oxygen atoms in total. The highest BCUT2D eigenvalue weighted by Crippen LogP contribution is 2.28. The molecule has 0 spiro atoms. The fourth-order valence-electron chi connectivity index (χ4n) is 2.68. The van der Waals surface area contributed by atoms with Crippen LogP contribution in [0.5, 0.6) is 5.75 Å². The molecular formula is C18H20N2O5. The Morgan fingerprint density at radius 2 is 2.04 bits per heavy atom. The number of rotatable bonds is 5. The Labute approximate surface area is 145 Å². The van der Waals surface area contributed by atoms with E-state index in [1.165, 1.54) is 7.11 Å². The van der Waals surface area contributed by atoms with Crippen LogP contribution in [0, 0.1) is 0 Å². The highest BCUT2D eigenvalue weighted by Gasteiger charge is 2.33. The zero-order valence-corrected chi connectivity index (χ0v) is 14.2. The van der Waals surface area contributed by atoms with Crippen molar-refractivity contribution in [3.8, 4) is 5.75 Å². The average molecular weight is 344 g/mol. The molecule has 1 aliphatic heterocycles. The molecular weight excluding hydrogens is 324 g/mol. The molecule has 3 rings (SSSR count). The van der Waals surface area contributed by atoms with Gasteiger partial charge >= 0.3 is 6.09 Å². The van der Waals surface area contributed by atoms with E-state index in [4.69, 9.17) is 14.2 Å². The molecule has 2 aromatic carbocycles. The number of anilines is 1. The molecule has 1 unspecified atom stereocenters. The maximum absolute atomic E-state index is 12.3. The van der Waals surface area contributed by atoms with E-state index < -0.39 is 12.2 Å². The third-order valence-electron chi connectivity index (χ3n) is 3.90. The van der Waals surface area contributed by atoms with Gasteiger partial charge < -0.3 is 19.5 Å². The van der Waals surface area contributed by atoms with E-state index in [9.17, 15) is 9.59 Å². The van der Waals surface area contributed by atoms with Crippen LogP contribution in [-0.2, 0) is 14.3 Å². The topological polar surface area (TPSA) is 77.1 Å². The van der Waals surface area contributed by atoms with Crippen LogP contribution in [-0.4, -0.2) is 45.1 Å². The molecule has 1 heterocycles. The molecule has 25 heavy (non-hydrogen) atoms. The average Bonchev–Trinajstić information content (AvgIpc) is 2.96. The number of carbonyl (C=O) groups excluding carboxylic acids is 2. The predicted octanol–water partition coefficient (Wildman–Crippen LogP) is 2.28. The van der Waals surface area contributed by atoms with Gasteiger partial charge in [0.05, 0.1) is 6.61 Å². The van der Waals surface area contributed by atoms with E-state index in [1.54, 1.807) is 17.0 Å². The number of methoxy groups -OCH3 is 1. The summed E-state index contributed by atoms with van der Waals surface area (Å²) in [5.41, 5.74) is 0.758. The molecule has 0 saturated carbocycles. The van der Waals surface area contributed by atoms with Crippen LogP contribution in [0.15, 0.2) is 36.4 Å². The molecule has 1 aliphatic rings. The number of benzene rings is 2. The summed E-state index contributed by atoms with van der Waals surface area (Å²) < 4.78 is 15.7. The first-order valence-corrected chi connectivity index (χ1v) is 8.03. The summed E-state index contributed by atoms with van der Waals surface area (Å²) in [6.45, 7) is 2.77. The molecule has 1 atom stereocenters. The zero-order valence-electron chi connectivity index (χ0n) is 14.2. The van der Waals surface area contributed by atoms with Crippen molar-refractivity contribution in [2.45, 2.75) is 13.0 Å². The molecule has 132 valence electrons.